The van der Waals surface area contributed by atoms with Crippen LogP contribution in [0.3, 0.4) is 0 Å². The van der Waals surface area contributed by atoms with Crippen molar-refractivity contribution in [3.05, 3.63) is 24.3 Å². The summed E-state index contributed by atoms with van der Waals surface area (Å²) in [6, 6.07) is 0. The molecule has 3 aliphatic carbocycles. The summed E-state index contributed by atoms with van der Waals surface area (Å²) in [4.78, 5) is 74.6. The van der Waals surface area contributed by atoms with Crippen LogP contribution >= 0.6 is 0 Å². The maximum Gasteiger partial charge on any atom is 0.408 e. The second-order valence-corrected chi connectivity index (χ2v) is 18.0. The number of nitrogens with one attached hydrogen (secondary N) is 2. The number of carbonyl (C=O) groups excluding carboxylic acids is 5. The average Bonchev–Trinajstić information content (AvgIpc) is 3.16. The van der Waals surface area contributed by atoms with Crippen molar-refractivity contribution in [2.45, 2.75) is 168 Å². The van der Waals surface area contributed by atoms with Crippen LogP contribution in [0.15, 0.2) is 24.3 Å². The Hall–Kier alpha value is -3.65. The molecule has 0 aliphatic heterocycles. The SMILES string of the molecule is C=C(C)COOCC(COC(=O)CC1CCCCC1)OC(=O)NC(C)(C)C1CCCC(C(C)(C)NC(=O)OC(COC(=O)CC2CCCCC2)COC(=O)C(=C)C)C1. The highest BCUT2D eigenvalue weighted by molar-refractivity contribution is 5.87. The molecule has 4 atom stereocenters. The lowest BCUT2D eigenvalue weighted by Gasteiger charge is -2.45. The van der Waals surface area contributed by atoms with E-state index in [2.05, 4.69) is 23.8 Å². The molecule has 3 rings (SSSR count). The Morgan fingerprint density at radius 1 is 0.586 bits per heavy atom. The average molecular weight is 821 g/mol. The summed E-state index contributed by atoms with van der Waals surface area (Å²) in [5, 5.41) is 6.02. The van der Waals surface area contributed by atoms with Gasteiger partial charge in [-0.15, -0.1) is 0 Å². The standard InChI is InChI=1S/C44H72N2O12/c1-30(2)25-55-56-29-37(27-53-39(48)23-33-18-13-10-14-19-33)58-42(51)46-44(7,8)35-21-15-20-34(24-35)43(5,6)45-41(50)57-36(28-54-40(49)31(3)4)26-52-38(47)22-32-16-11-9-12-17-32/h32-37H,1,3,9-29H2,2,4-8H3,(H,45,50)(H,46,51). The minimum absolute atomic E-state index is 0.0131. The van der Waals surface area contributed by atoms with Crippen LogP contribution in [0.4, 0.5) is 9.59 Å². The van der Waals surface area contributed by atoms with E-state index in [0.717, 1.165) is 76.2 Å². The van der Waals surface area contributed by atoms with Gasteiger partial charge in [0.1, 0.15) is 33.0 Å². The van der Waals surface area contributed by atoms with E-state index < -0.39 is 41.4 Å². The zero-order chi connectivity index (χ0) is 42.7. The molecule has 58 heavy (non-hydrogen) atoms. The van der Waals surface area contributed by atoms with Crippen molar-refractivity contribution in [2.24, 2.45) is 23.7 Å². The van der Waals surface area contributed by atoms with Gasteiger partial charge in [-0.25, -0.2) is 24.2 Å². The van der Waals surface area contributed by atoms with Crippen molar-refractivity contribution in [1.29, 1.82) is 0 Å². The molecule has 3 aliphatic rings. The molecular formula is C44H72N2O12. The first-order valence-electron chi connectivity index (χ1n) is 21.4. The molecular weight excluding hydrogens is 748 g/mol. The van der Waals surface area contributed by atoms with Gasteiger partial charge in [-0.3, -0.25) is 9.59 Å². The zero-order valence-corrected chi connectivity index (χ0v) is 36.1. The fraction of sp³-hybridized carbons (Fsp3) is 0.795. The molecule has 0 heterocycles. The number of carbonyl (C=O) groups is 5. The van der Waals surface area contributed by atoms with Gasteiger partial charge in [-0.2, -0.15) is 0 Å². The largest absolute Gasteiger partial charge is 0.462 e. The molecule has 3 saturated carbocycles. The molecule has 0 aromatic carbocycles. The Bertz CT molecular complexity index is 1370. The second-order valence-electron chi connectivity index (χ2n) is 18.0. The van der Waals surface area contributed by atoms with Crippen LogP contribution in [0.5, 0.6) is 0 Å². The number of amides is 2. The number of hydrogen-bond acceptors (Lipinski definition) is 12. The normalized spacial score (nSPS) is 20.4. The quantitative estimate of drug-likeness (QED) is 0.0204. The number of rotatable bonds is 22. The Balaban J connectivity index is 1.55. The van der Waals surface area contributed by atoms with Crippen molar-refractivity contribution in [2.75, 3.05) is 33.0 Å². The van der Waals surface area contributed by atoms with E-state index in [0.29, 0.717) is 25.2 Å². The van der Waals surface area contributed by atoms with E-state index in [1.165, 1.54) is 19.8 Å². The highest BCUT2D eigenvalue weighted by Crippen LogP contribution is 2.40. The molecule has 0 saturated heterocycles. The Labute approximate surface area is 346 Å². The third kappa shape index (κ3) is 18.5. The maximum atomic E-state index is 13.3. The van der Waals surface area contributed by atoms with Crippen LogP contribution < -0.4 is 10.6 Å². The minimum atomic E-state index is -1.02. The van der Waals surface area contributed by atoms with Gasteiger partial charge in [0.15, 0.2) is 12.2 Å². The first-order valence-corrected chi connectivity index (χ1v) is 21.4. The monoisotopic (exact) mass is 821 g/mol. The Morgan fingerprint density at radius 2 is 1.02 bits per heavy atom. The lowest BCUT2D eigenvalue weighted by molar-refractivity contribution is -0.300. The fourth-order valence-corrected chi connectivity index (χ4v) is 8.13. The number of ether oxygens (including phenoxy) is 5. The molecule has 14 nitrogen and oxygen atoms in total. The lowest BCUT2D eigenvalue weighted by atomic mass is 9.67. The molecule has 330 valence electrons. The number of alkyl carbamates (subject to hydrolysis) is 2. The van der Waals surface area contributed by atoms with Gasteiger partial charge in [0, 0.05) is 29.5 Å². The molecule has 14 heteroatoms. The van der Waals surface area contributed by atoms with Crippen LogP contribution in [0, 0.1) is 23.7 Å². The van der Waals surface area contributed by atoms with E-state index in [1.807, 2.05) is 27.7 Å². The van der Waals surface area contributed by atoms with Crippen molar-refractivity contribution in [3.63, 3.8) is 0 Å². The van der Waals surface area contributed by atoms with E-state index >= 15 is 0 Å². The first kappa shape index (κ1) is 48.7. The van der Waals surface area contributed by atoms with Crippen LogP contribution in [-0.4, -0.2) is 86.4 Å². The number of hydrogen-bond donors (Lipinski definition) is 2. The molecule has 0 aromatic heterocycles. The third-order valence-electron chi connectivity index (χ3n) is 11.7. The molecule has 2 N–H and O–H groups in total. The topological polar surface area (TPSA) is 174 Å². The summed E-state index contributed by atoms with van der Waals surface area (Å²) < 4.78 is 27.7. The predicted molar refractivity (Wildman–Crippen MR) is 217 cm³/mol. The van der Waals surface area contributed by atoms with Crippen LogP contribution in [0.1, 0.15) is 144 Å². The summed E-state index contributed by atoms with van der Waals surface area (Å²) in [5.74, 6) is -0.701. The van der Waals surface area contributed by atoms with E-state index in [1.54, 1.807) is 6.92 Å². The molecule has 0 radical (unpaired) electrons. The van der Waals surface area contributed by atoms with Gasteiger partial charge in [-0.05, 0) is 110 Å². The lowest BCUT2D eigenvalue weighted by Crippen LogP contribution is -2.55. The van der Waals surface area contributed by atoms with Gasteiger partial charge in [0.25, 0.3) is 0 Å². The van der Waals surface area contributed by atoms with E-state index in [9.17, 15) is 24.0 Å². The van der Waals surface area contributed by atoms with Gasteiger partial charge in [-0.1, -0.05) is 63.7 Å². The van der Waals surface area contributed by atoms with Crippen LogP contribution in [-0.2, 0) is 47.8 Å². The third-order valence-corrected chi connectivity index (χ3v) is 11.7. The molecule has 3 fully saturated rings. The fourth-order valence-electron chi connectivity index (χ4n) is 8.13. The Morgan fingerprint density at radius 3 is 1.45 bits per heavy atom. The molecule has 2 amide bonds. The van der Waals surface area contributed by atoms with Crippen molar-refractivity contribution in [1.82, 2.24) is 10.6 Å². The van der Waals surface area contributed by atoms with Crippen molar-refractivity contribution >= 4 is 30.1 Å². The zero-order valence-electron chi connectivity index (χ0n) is 36.1. The summed E-state index contributed by atoms with van der Waals surface area (Å²) in [7, 11) is 0. The summed E-state index contributed by atoms with van der Waals surface area (Å²) in [6.07, 6.45) is 11.3. The molecule has 0 bridgehead atoms. The van der Waals surface area contributed by atoms with E-state index in [-0.39, 0.29) is 68.3 Å². The minimum Gasteiger partial charge on any atom is -0.462 e. The maximum absolute atomic E-state index is 13.3. The summed E-state index contributed by atoms with van der Waals surface area (Å²) >= 11 is 0. The summed E-state index contributed by atoms with van der Waals surface area (Å²) in [6.45, 7) is 17.7. The number of esters is 3. The highest BCUT2D eigenvalue weighted by atomic mass is 17.2. The van der Waals surface area contributed by atoms with Gasteiger partial charge in [0.2, 0.25) is 0 Å². The molecule has 0 aromatic rings. The predicted octanol–water partition coefficient (Wildman–Crippen LogP) is 8.21. The van der Waals surface area contributed by atoms with Gasteiger partial charge in [0.05, 0.1) is 0 Å². The van der Waals surface area contributed by atoms with Crippen LogP contribution in [0.2, 0.25) is 0 Å². The summed E-state index contributed by atoms with van der Waals surface area (Å²) in [5.41, 5.74) is -0.479. The van der Waals surface area contributed by atoms with Crippen molar-refractivity contribution in [3.8, 4) is 0 Å². The van der Waals surface area contributed by atoms with Crippen LogP contribution in [0.25, 0.3) is 0 Å². The second kappa shape index (κ2) is 24.4. The Kier molecular flexibility index (Phi) is 20.5. The molecule has 0 spiro atoms. The highest BCUT2D eigenvalue weighted by Gasteiger charge is 2.42. The molecule has 4 unspecified atom stereocenters. The smallest absolute Gasteiger partial charge is 0.408 e. The van der Waals surface area contributed by atoms with Gasteiger partial charge < -0.3 is 34.3 Å². The van der Waals surface area contributed by atoms with Gasteiger partial charge >= 0.3 is 30.1 Å². The van der Waals surface area contributed by atoms with Crippen molar-refractivity contribution < 1.29 is 57.4 Å². The van der Waals surface area contributed by atoms with E-state index in [4.69, 9.17) is 33.5 Å². The first-order chi connectivity index (χ1) is 27.4.